The number of hydrogen-bond donors (Lipinski definition) is 2. The highest BCUT2D eigenvalue weighted by Crippen LogP contribution is 2.32. The van der Waals surface area contributed by atoms with Gasteiger partial charge in [0.25, 0.3) is 5.91 Å². The monoisotopic (exact) mass is 298 g/mol. The zero-order valence-electron chi connectivity index (χ0n) is 10.9. The highest BCUT2D eigenvalue weighted by molar-refractivity contribution is 6.30. The van der Waals surface area contributed by atoms with Crippen LogP contribution in [0.5, 0.6) is 0 Å². The van der Waals surface area contributed by atoms with Crippen LogP contribution in [0, 0.1) is 0 Å². The number of nitrogens with one attached hydrogen (secondary N) is 1. The largest absolute Gasteiger partial charge is 0.364 e. The van der Waals surface area contributed by atoms with E-state index in [9.17, 15) is 4.79 Å². The molecule has 1 amide bonds. The number of rotatable bonds is 3. The molecule has 0 aliphatic carbocycles. The van der Waals surface area contributed by atoms with Crippen molar-refractivity contribution in [1.82, 2.24) is 15.4 Å². The molecule has 0 bridgehead atoms. The first-order chi connectivity index (χ1) is 10.2. The van der Waals surface area contributed by atoms with Crippen molar-refractivity contribution < 1.29 is 4.79 Å². The van der Waals surface area contributed by atoms with Gasteiger partial charge in [-0.15, -0.1) is 0 Å². The molecule has 3 N–H and O–H groups in total. The van der Waals surface area contributed by atoms with Gasteiger partial charge in [0.2, 0.25) is 0 Å². The molecule has 0 radical (unpaired) electrons. The van der Waals surface area contributed by atoms with Gasteiger partial charge >= 0.3 is 0 Å². The normalized spacial score (nSPS) is 10.5. The number of carbonyl (C=O) groups excluding carboxylic acids is 1. The number of benzene rings is 2. The number of hydrogen-bond acceptors (Lipinski definition) is 3. The third-order valence-corrected chi connectivity index (χ3v) is 3.37. The minimum atomic E-state index is -0.621. The van der Waals surface area contributed by atoms with Crippen molar-refractivity contribution in [2.24, 2.45) is 5.73 Å². The zero-order valence-corrected chi connectivity index (χ0v) is 11.6. The highest BCUT2D eigenvalue weighted by atomic mass is 35.5. The van der Waals surface area contributed by atoms with Crippen molar-refractivity contribution in [3.8, 4) is 22.4 Å². The quantitative estimate of drug-likeness (QED) is 0.779. The summed E-state index contributed by atoms with van der Waals surface area (Å²) in [5.74, 6) is -0.621. The molecule has 0 saturated carbocycles. The number of nitrogens with zero attached hydrogens (tertiary/aromatic N) is 2. The van der Waals surface area contributed by atoms with Crippen LogP contribution in [0.1, 0.15) is 10.5 Å². The summed E-state index contributed by atoms with van der Waals surface area (Å²) in [6, 6.07) is 15.0. The van der Waals surface area contributed by atoms with Crippen molar-refractivity contribution in [2.45, 2.75) is 0 Å². The van der Waals surface area contributed by atoms with E-state index in [-0.39, 0.29) is 5.69 Å². The third kappa shape index (κ3) is 2.51. The van der Waals surface area contributed by atoms with Gasteiger partial charge in [0.05, 0.1) is 0 Å². The van der Waals surface area contributed by atoms with E-state index < -0.39 is 5.91 Å². The summed E-state index contributed by atoms with van der Waals surface area (Å²) in [6.45, 7) is 0. The molecule has 21 heavy (non-hydrogen) atoms. The minimum absolute atomic E-state index is 0.122. The van der Waals surface area contributed by atoms with Crippen LogP contribution in [0.3, 0.4) is 0 Å². The lowest BCUT2D eigenvalue weighted by Gasteiger charge is -2.08. The van der Waals surface area contributed by atoms with E-state index in [0.29, 0.717) is 10.7 Å². The van der Waals surface area contributed by atoms with Crippen LogP contribution in [-0.2, 0) is 0 Å². The molecule has 5 nitrogen and oxygen atoms in total. The lowest BCUT2D eigenvalue weighted by Crippen LogP contribution is -2.12. The molecule has 6 heteroatoms. The van der Waals surface area contributed by atoms with Gasteiger partial charge in [-0.25, -0.2) is 0 Å². The van der Waals surface area contributed by atoms with Gasteiger partial charge in [0, 0.05) is 10.6 Å². The van der Waals surface area contributed by atoms with Crippen LogP contribution in [0.15, 0.2) is 48.5 Å². The van der Waals surface area contributed by atoms with Crippen molar-refractivity contribution in [2.75, 3.05) is 0 Å². The molecule has 2 aromatic carbocycles. The Hall–Kier alpha value is -2.66. The first kappa shape index (κ1) is 13.3. The van der Waals surface area contributed by atoms with Crippen molar-refractivity contribution in [3.63, 3.8) is 0 Å². The summed E-state index contributed by atoms with van der Waals surface area (Å²) < 4.78 is 0. The first-order valence-electron chi connectivity index (χ1n) is 6.22. The van der Waals surface area contributed by atoms with E-state index in [1.165, 1.54) is 0 Å². The second-order valence-electron chi connectivity index (χ2n) is 4.44. The Kier molecular flexibility index (Phi) is 3.41. The van der Waals surface area contributed by atoms with Crippen LogP contribution in [0.2, 0.25) is 5.02 Å². The molecule has 104 valence electrons. The standard InChI is InChI=1S/C15H11ClN4O/c16-10-7-5-9(6-8-10)11-3-1-2-4-12(11)13-14(15(17)21)19-20-18-13/h1-8H,(H2,17,21)(H,18,19,20). The van der Waals surface area contributed by atoms with Crippen molar-refractivity contribution >= 4 is 17.5 Å². The molecule has 0 fully saturated rings. The fourth-order valence-electron chi connectivity index (χ4n) is 2.16. The third-order valence-electron chi connectivity index (χ3n) is 3.12. The zero-order chi connectivity index (χ0) is 14.8. The molecule has 0 atom stereocenters. The topological polar surface area (TPSA) is 84.7 Å². The van der Waals surface area contributed by atoms with Crippen LogP contribution < -0.4 is 5.73 Å². The van der Waals surface area contributed by atoms with Gasteiger partial charge in [-0.2, -0.15) is 15.4 Å². The molecular weight excluding hydrogens is 288 g/mol. The predicted molar refractivity (Wildman–Crippen MR) is 80.8 cm³/mol. The average molecular weight is 299 g/mol. The number of halogens is 1. The summed E-state index contributed by atoms with van der Waals surface area (Å²) in [5.41, 5.74) is 8.55. The number of aromatic nitrogens is 3. The summed E-state index contributed by atoms with van der Waals surface area (Å²) >= 11 is 5.92. The van der Waals surface area contributed by atoms with Crippen molar-refractivity contribution in [3.05, 3.63) is 59.2 Å². The van der Waals surface area contributed by atoms with Crippen molar-refractivity contribution in [1.29, 1.82) is 0 Å². The molecule has 1 heterocycles. The Morgan fingerprint density at radius 1 is 1.00 bits per heavy atom. The molecule has 0 spiro atoms. The van der Waals surface area contributed by atoms with E-state index in [1.54, 1.807) is 0 Å². The number of primary amides is 1. The Morgan fingerprint density at radius 2 is 1.67 bits per heavy atom. The van der Waals surface area contributed by atoms with Gasteiger partial charge in [-0.05, 0) is 23.3 Å². The molecule has 0 aliphatic heterocycles. The number of aromatic amines is 1. The van der Waals surface area contributed by atoms with Crippen LogP contribution in [0.4, 0.5) is 0 Å². The van der Waals surface area contributed by atoms with Gasteiger partial charge < -0.3 is 5.73 Å². The fourth-order valence-corrected chi connectivity index (χ4v) is 2.29. The van der Waals surface area contributed by atoms with Gasteiger partial charge in [-0.3, -0.25) is 4.79 Å². The highest BCUT2D eigenvalue weighted by Gasteiger charge is 2.18. The van der Waals surface area contributed by atoms with E-state index in [4.69, 9.17) is 17.3 Å². The number of H-pyrrole nitrogens is 1. The molecule has 0 aliphatic rings. The number of nitrogens with two attached hydrogens (primary N) is 1. The van der Waals surface area contributed by atoms with Crippen LogP contribution in [-0.4, -0.2) is 21.3 Å². The fraction of sp³-hybridized carbons (Fsp3) is 0. The van der Waals surface area contributed by atoms with Gasteiger partial charge in [-0.1, -0.05) is 48.0 Å². The Morgan fingerprint density at radius 3 is 2.33 bits per heavy atom. The Labute approximate surface area is 125 Å². The van der Waals surface area contributed by atoms with E-state index >= 15 is 0 Å². The van der Waals surface area contributed by atoms with E-state index in [2.05, 4.69) is 15.4 Å². The molecule has 0 unspecified atom stereocenters. The summed E-state index contributed by atoms with van der Waals surface area (Å²) in [4.78, 5) is 11.4. The van der Waals surface area contributed by atoms with E-state index in [1.807, 2.05) is 48.5 Å². The van der Waals surface area contributed by atoms with E-state index in [0.717, 1.165) is 16.7 Å². The maximum Gasteiger partial charge on any atom is 0.271 e. The predicted octanol–water partition coefficient (Wildman–Crippen LogP) is 2.89. The molecule has 3 aromatic rings. The molecular formula is C15H11ClN4O. The average Bonchev–Trinajstić information content (AvgIpc) is 2.98. The summed E-state index contributed by atoms with van der Waals surface area (Å²) in [5, 5.41) is 11.0. The van der Waals surface area contributed by atoms with Crippen LogP contribution in [0.25, 0.3) is 22.4 Å². The smallest absolute Gasteiger partial charge is 0.271 e. The molecule has 1 aromatic heterocycles. The first-order valence-corrected chi connectivity index (χ1v) is 6.60. The van der Waals surface area contributed by atoms with Gasteiger partial charge in [0.1, 0.15) is 5.69 Å². The minimum Gasteiger partial charge on any atom is -0.364 e. The maximum atomic E-state index is 11.4. The lowest BCUT2D eigenvalue weighted by molar-refractivity contribution is 0.0996. The Balaban J connectivity index is 2.18. The molecule has 0 saturated heterocycles. The summed E-state index contributed by atoms with van der Waals surface area (Å²) in [6.07, 6.45) is 0. The summed E-state index contributed by atoms with van der Waals surface area (Å²) in [7, 11) is 0. The van der Waals surface area contributed by atoms with Crippen LogP contribution >= 0.6 is 11.6 Å². The number of carbonyl (C=O) groups is 1. The number of amides is 1. The second kappa shape index (κ2) is 5.38. The SMILES string of the molecule is NC(=O)c1n[nH]nc1-c1ccccc1-c1ccc(Cl)cc1. The Bertz CT molecular complexity index is 795. The lowest BCUT2D eigenvalue weighted by atomic mass is 9.97. The molecule has 3 rings (SSSR count). The van der Waals surface area contributed by atoms with Gasteiger partial charge in [0.15, 0.2) is 5.69 Å². The maximum absolute atomic E-state index is 11.4. The second-order valence-corrected chi connectivity index (χ2v) is 4.87.